The maximum Gasteiger partial charge on any atom is 0.401 e. The van der Waals surface area contributed by atoms with E-state index in [0.717, 1.165) is 18.5 Å². The first-order valence-corrected chi connectivity index (χ1v) is 7.79. The van der Waals surface area contributed by atoms with Gasteiger partial charge in [0.2, 0.25) is 0 Å². The standard InChI is InChI=1S/C16H24F3N3/c1-12(2)9-15(14-5-3-4-7-20-14)21-13-6-8-22(10-13)11-16(17,18)19/h3-5,7,12-13,15,21H,6,8-11H2,1-2H3/t13-,15+/m0/s1. The minimum absolute atomic E-state index is 0.0908. The van der Waals surface area contributed by atoms with E-state index in [4.69, 9.17) is 0 Å². The maximum absolute atomic E-state index is 12.5. The molecule has 0 unspecified atom stereocenters. The minimum Gasteiger partial charge on any atom is -0.304 e. The van der Waals surface area contributed by atoms with Crippen LogP contribution in [-0.4, -0.2) is 41.7 Å². The molecule has 1 fully saturated rings. The second-order valence-corrected chi connectivity index (χ2v) is 6.44. The lowest BCUT2D eigenvalue weighted by atomic mass is 9.99. The fourth-order valence-electron chi connectivity index (χ4n) is 2.98. The van der Waals surface area contributed by atoms with Crippen LogP contribution in [0, 0.1) is 5.92 Å². The van der Waals surface area contributed by atoms with E-state index in [-0.39, 0.29) is 12.1 Å². The van der Waals surface area contributed by atoms with E-state index in [9.17, 15) is 13.2 Å². The molecule has 0 aliphatic carbocycles. The van der Waals surface area contributed by atoms with E-state index < -0.39 is 12.7 Å². The van der Waals surface area contributed by atoms with Crippen LogP contribution in [0.1, 0.15) is 38.4 Å². The van der Waals surface area contributed by atoms with Crippen LogP contribution >= 0.6 is 0 Å². The predicted octanol–water partition coefficient (Wildman–Crippen LogP) is 3.40. The van der Waals surface area contributed by atoms with Gasteiger partial charge in [-0.2, -0.15) is 13.2 Å². The molecular weight excluding hydrogens is 291 g/mol. The van der Waals surface area contributed by atoms with Crippen LogP contribution in [0.3, 0.4) is 0 Å². The summed E-state index contributed by atoms with van der Waals surface area (Å²) in [6, 6.07) is 5.98. The Bertz CT molecular complexity index is 448. The van der Waals surface area contributed by atoms with Crippen molar-refractivity contribution in [2.45, 2.75) is 44.9 Å². The number of hydrogen-bond donors (Lipinski definition) is 1. The second kappa shape index (κ2) is 7.42. The summed E-state index contributed by atoms with van der Waals surface area (Å²) in [5.41, 5.74) is 0.963. The maximum atomic E-state index is 12.5. The van der Waals surface area contributed by atoms with Crippen molar-refractivity contribution in [3.05, 3.63) is 30.1 Å². The highest BCUT2D eigenvalue weighted by Gasteiger charge is 2.35. The number of aromatic nitrogens is 1. The smallest absolute Gasteiger partial charge is 0.304 e. The molecule has 1 aromatic heterocycles. The highest BCUT2D eigenvalue weighted by atomic mass is 19.4. The van der Waals surface area contributed by atoms with Crippen molar-refractivity contribution in [1.29, 1.82) is 0 Å². The summed E-state index contributed by atoms with van der Waals surface area (Å²) in [7, 11) is 0. The van der Waals surface area contributed by atoms with Gasteiger partial charge >= 0.3 is 6.18 Å². The first kappa shape index (κ1) is 17.2. The molecule has 2 rings (SSSR count). The van der Waals surface area contributed by atoms with Gasteiger partial charge in [-0.05, 0) is 30.9 Å². The van der Waals surface area contributed by atoms with Gasteiger partial charge in [0.05, 0.1) is 12.2 Å². The topological polar surface area (TPSA) is 28.2 Å². The number of hydrogen-bond acceptors (Lipinski definition) is 3. The zero-order chi connectivity index (χ0) is 16.2. The molecule has 3 nitrogen and oxygen atoms in total. The van der Waals surface area contributed by atoms with Gasteiger partial charge in [0.15, 0.2) is 0 Å². The minimum atomic E-state index is -4.12. The van der Waals surface area contributed by atoms with Gasteiger partial charge in [-0.3, -0.25) is 9.88 Å². The molecule has 0 radical (unpaired) electrons. The Morgan fingerprint density at radius 1 is 1.36 bits per heavy atom. The molecule has 6 heteroatoms. The van der Waals surface area contributed by atoms with Gasteiger partial charge in [0, 0.05) is 31.4 Å². The predicted molar refractivity (Wildman–Crippen MR) is 80.5 cm³/mol. The molecule has 0 saturated carbocycles. The van der Waals surface area contributed by atoms with Crippen molar-refractivity contribution in [1.82, 2.24) is 15.2 Å². The fourth-order valence-corrected chi connectivity index (χ4v) is 2.98. The molecule has 1 aliphatic rings. The SMILES string of the molecule is CC(C)C[C@@H](N[C@H]1CCN(CC(F)(F)F)C1)c1ccccn1. The number of likely N-dealkylation sites (tertiary alicyclic amines) is 1. The first-order chi connectivity index (χ1) is 10.3. The zero-order valence-electron chi connectivity index (χ0n) is 13.1. The summed E-state index contributed by atoms with van der Waals surface area (Å²) in [6.45, 7) is 4.41. The van der Waals surface area contributed by atoms with Crippen LogP contribution in [0.4, 0.5) is 13.2 Å². The van der Waals surface area contributed by atoms with E-state index in [1.54, 1.807) is 6.20 Å². The number of pyridine rings is 1. The molecule has 1 N–H and O–H groups in total. The third-order valence-electron chi connectivity index (χ3n) is 3.86. The van der Waals surface area contributed by atoms with Crippen LogP contribution in [0.5, 0.6) is 0 Å². The van der Waals surface area contributed by atoms with Gasteiger partial charge in [-0.1, -0.05) is 19.9 Å². The van der Waals surface area contributed by atoms with Crippen LogP contribution in [0.2, 0.25) is 0 Å². The summed E-state index contributed by atoms with van der Waals surface area (Å²) in [4.78, 5) is 5.87. The lowest BCUT2D eigenvalue weighted by molar-refractivity contribution is -0.143. The van der Waals surface area contributed by atoms with E-state index in [1.165, 1.54) is 4.90 Å². The average Bonchev–Trinajstić information content (AvgIpc) is 2.83. The van der Waals surface area contributed by atoms with Crippen molar-refractivity contribution in [2.75, 3.05) is 19.6 Å². The number of nitrogens with one attached hydrogen (secondary N) is 1. The number of halogens is 3. The molecule has 0 bridgehead atoms. The number of alkyl halides is 3. The van der Waals surface area contributed by atoms with E-state index in [0.29, 0.717) is 19.0 Å². The van der Waals surface area contributed by atoms with Crippen molar-refractivity contribution < 1.29 is 13.2 Å². The second-order valence-electron chi connectivity index (χ2n) is 6.44. The third-order valence-corrected chi connectivity index (χ3v) is 3.86. The van der Waals surface area contributed by atoms with Gasteiger partial charge in [0.25, 0.3) is 0 Å². The lowest BCUT2D eigenvalue weighted by Crippen LogP contribution is -2.38. The normalized spacial score (nSPS) is 21.5. The molecule has 2 heterocycles. The number of rotatable bonds is 6. The Balaban J connectivity index is 1.94. The molecule has 22 heavy (non-hydrogen) atoms. The van der Waals surface area contributed by atoms with Gasteiger partial charge < -0.3 is 5.32 Å². The van der Waals surface area contributed by atoms with Crippen molar-refractivity contribution in [3.8, 4) is 0 Å². The van der Waals surface area contributed by atoms with Crippen molar-refractivity contribution in [3.63, 3.8) is 0 Å². The highest BCUT2D eigenvalue weighted by molar-refractivity contribution is 5.09. The van der Waals surface area contributed by atoms with Crippen LogP contribution in [0.25, 0.3) is 0 Å². The summed E-state index contributed by atoms with van der Waals surface area (Å²) in [5, 5.41) is 3.51. The summed E-state index contributed by atoms with van der Waals surface area (Å²) >= 11 is 0. The van der Waals surface area contributed by atoms with Crippen LogP contribution < -0.4 is 5.32 Å². The van der Waals surface area contributed by atoms with Crippen molar-refractivity contribution in [2.24, 2.45) is 5.92 Å². The van der Waals surface area contributed by atoms with E-state index in [2.05, 4.69) is 24.1 Å². The Labute approximate surface area is 129 Å². The molecule has 0 aromatic carbocycles. The Hall–Kier alpha value is -1.14. The molecule has 2 atom stereocenters. The highest BCUT2D eigenvalue weighted by Crippen LogP contribution is 2.24. The molecule has 124 valence electrons. The monoisotopic (exact) mass is 315 g/mol. The number of nitrogens with zero attached hydrogens (tertiary/aromatic N) is 2. The van der Waals surface area contributed by atoms with Gasteiger partial charge in [-0.15, -0.1) is 0 Å². The van der Waals surface area contributed by atoms with Gasteiger partial charge in [-0.25, -0.2) is 0 Å². The molecule has 0 amide bonds. The summed E-state index contributed by atoms with van der Waals surface area (Å²) in [6.07, 6.45) is -0.688. The Morgan fingerprint density at radius 2 is 2.14 bits per heavy atom. The van der Waals surface area contributed by atoms with E-state index in [1.807, 2.05) is 18.2 Å². The Kier molecular flexibility index (Phi) is 5.81. The van der Waals surface area contributed by atoms with Crippen molar-refractivity contribution >= 4 is 0 Å². The molecule has 1 saturated heterocycles. The first-order valence-electron chi connectivity index (χ1n) is 7.79. The lowest BCUT2D eigenvalue weighted by Gasteiger charge is -2.25. The van der Waals surface area contributed by atoms with Crippen LogP contribution in [-0.2, 0) is 0 Å². The quantitative estimate of drug-likeness (QED) is 0.872. The zero-order valence-corrected chi connectivity index (χ0v) is 13.1. The molecule has 1 aliphatic heterocycles. The average molecular weight is 315 g/mol. The fraction of sp³-hybridized carbons (Fsp3) is 0.688. The molecular formula is C16H24F3N3. The van der Waals surface area contributed by atoms with Gasteiger partial charge in [0.1, 0.15) is 0 Å². The largest absolute Gasteiger partial charge is 0.401 e. The molecule has 0 spiro atoms. The summed E-state index contributed by atoms with van der Waals surface area (Å²) in [5.74, 6) is 0.493. The molecule has 1 aromatic rings. The Morgan fingerprint density at radius 3 is 2.73 bits per heavy atom. The summed E-state index contributed by atoms with van der Waals surface area (Å²) < 4.78 is 37.4. The van der Waals surface area contributed by atoms with E-state index >= 15 is 0 Å². The third kappa shape index (κ3) is 5.57. The van der Waals surface area contributed by atoms with Crippen LogP contribution in [0.15, 0.2) is 24.4 Å².